The molecule has 1 heterocycles. The van der Waals surface area contributed by atoms with Gasteiger partial charge in [-0.05, 0) is 11.6 Å². The van der Waals surface area contributed by atoms with Gasteiger partial charge in [-0.2, -0.15) is 35.1 Å². The van der Waals surface area contributed by atoms with E-state index in [4.69, 9.17) is 0 Å². The SMILES string of the molecule is O=S(=O)([N-][n+]1ccccc1)C(F)(F)C(F)(F)OC(F)(F)C(F)(F)Cl. The summed E-state index contributed by atoms with van der Waals surface area (Å²) in [6, 6.07) is 3.40. The molecule has 15 heteroatoms. The minimum absolute atomic E-state index is 0.133. The lowest BCUT2D eigenvalue weighted by molar-refractivity contribution is -0.614. The van der Waals surface area contributed by atoms with Gasteiger partial charge in [0.1, 0.15) is 0 Å². The Kier molecular flexibility index (Phi) is 5.28. The third-order valence-corrected chi connectivity index (χ3v) is 3.66. The van der Waals surface area contributed by atoms with Crippen molar-refractivity contribution in [3.63, 3.8) is 0 Å². The molecule has 0 saturated heterocycles. The molecule has 0 aliphatic carbocycles. The van der Waals surface area contributed by atoms with Crippen molar-refractivity contribution in [2.24, 2.45) is 0 Å². The largest absolute Gasteiger partial charge is 0.439 e. The number of halogens is 9. The van der Waals surface area contributed by atoms with Crippen molar-refractivity contribution in [3.8, 4) is 0 Å². The van der Waals surface area contributed by atoms with E-state index in [9.17, 15) is 43.5 Å². The van der Waals surface area contributed by atoms with Gasteiger partial charge in [0.15, 0.2) is 12.4 Å². The Morgan fingerprint density at radius 3 is 1.75 bits per heavy atom. The summed E-state index contributed by atoms with van der Waals surface area (Å²) in [5, 5.41) is -12.2. The van der Waals surface area contributed by atoms with E-state index in [1.165, 1.54) is 6.07 Å². The molecule has 0 radical (unpaired) electrons. The molecule has 0 N–H and O–H groups in total. The van der Waals surface area contributed by atoms with Crippen LogP contribution in [-0.4, -0.2) is 31.3 Å². The topological polar surface area (TPSA) is 61.4 Å². The summed E-state index contributed by atoms with van der Waals surface area (Å²) in [6.07, 6.45) is -11.4. The second-order valence-electron chi connectivity index (χ2n) is 3.96. The maximum Gasteiger partial charge on any atom is 0.439 e. The van der Waals surface area contributed by atoms with Crippen LogP contribution in [0.15, 0.2) is 30.6 Å². The van der Waals surface area contributed by atoms with Gasteiger partial charge in [-0.25, -0.2) is 17.8 Å². The van der Waals surface area contributed by atoms with Crippen molar-refractivity contribution >= 4 is 21.6 Å². The van der Waals surface area contributed by atoms with Crippen LogP contribution in [0.25, 0.3) is 4.83 Å². The molecule has 24 heavy (non-hydrogen) atoms. The molecule has 0 aliphatic rings. The molecular weight excluding hydrogens is 404 g/mol. The fraction of sp³-hybridized carbons (Fsp3) is 0.444. The highest BCUT2D eigenvalue weighted by atomic mass is 35.5. The average molecular weight is 409 g/mol. The van der Waals surface area contributed by atoms with Crippen LogP contribution in [0.3, 0.4) is 0 Å². The molecule has 0 unspecified atom stereocenters. The summed E-state index contributed by atoms with van der Waals surface area (Å²) in [4.78, 5) is 2.23. The number of aromatic nitrogens is 1. The predicted octanol–water partition coefficient (Wildman–Crippen LogP) is 3.07. The van der Waals surface area contributed by atoms with E-state index >= 15 is 0 Å². The molecule has 1 aromatic heterocycles. The average Bonchev–Trinajstić information content (AvgIpc) is 2.36. The monoisotopic (exact) mass is 408 g/mol. The maximum absolute atomic E-state index is 13.4. The minimum Gasteiger partial charge on any atom is -0.317 e. The Balaban J connectivity index is 3.16. The van der Waals surface area contributed by atoms with Crippen LogP contribution in [0.5, 0.6) is 0 Å². The number of hydrogen-bond donors (Lipinski definition) is 0. The van der Waals surface area contributed by atoms with Crippen molar-refractivity contribution in [1.82, 2.24) is 0 Å². The minimum atomic E-state index is -6.59. The fourth-order valence-corrected chi connectivity index (χ4v) is 1.89. The molecule has 0 atom stereocenters. The molecule has 0 amide bonds. The number of hydrogen-bond acceptors (Lipinski definition) is 3. The Morgan fingerprint density at radius 2 is 1.33 bits per heavy atom. The molecular formula is C9H5ClF8N2O3S. The molecule has 0 fully saturated rings. The van der Waals surface area contributed by atoms with Crippen molar-refractivity contribution in [2.75, 3.05) is 0 Å². The summed E-state index contributed by atoms with van der Waals surface area (Å²) in [5.74, 6) is 0. The molecule has 0 spiro atoms. The smallest absolute Gasteiger partial charge is 0.317 e. The lowest BCUT2D eigenvalue weighted by Crippen LogP contribution is -2.55. The van der Waals surface area contributed by atoms with Crippen LogP contribution in [0.4, 0.5) is 35.1 Å². The standard InChI is InChI=1S/C9H5ClF8N2O3S/c10-6(11,12)7(13,14)23-8(15,16)9(17,18)24(21,22)19-20-4-2-1-3-5-20/h1-5H. The van der Waals surface area contributed by atoms with E-state index in [-0.39, 0.29) is 4.68 Å². The number of nitrogens with zero attached hydrogens (tertiary/aromatic N) is 2. The summed E-state index contributed by atoms with van der Waals surface area (Å²) in [5.41, 5.74) is 0. The second kappa shape index (κ2) is 6.15. The summed E-state index contributed by atoms with van der Waals surface area (Å²) >= 11 is 3.76. The fourth-order valence-electron chi connectivity index (χ4n) is 1.05. The van der Waals surface area contributed by atoms with E-state index in [1.54, 1.807) is 0 Å². The van der Waals surface area contributed by atoms with Crippen LogP contribution in [0.1, 0.15) is 0 Å². The van der Waals surface area contributed by atoms with Crippen molar-refractivity contribution in [2.45, 2.75) is 22.9 Å². The van der Waals surface area contributed by atoms with Gasteiger partial charge in [0, 0.05) is 12.1 Å². The van der Waals surface area contributed by atoms with Crippen molar-refractivity contribution in [3.05, 3.63) is 35.4 Å². The van der Waals surface area contributed by atoms with Gasteiger partial charge < -0.3 is 4.83 Å². The van der Waals surface area contributed by atoms with Gasteiger partial charge in [0.05, 0.1) is 0 Å². The van der Waals surface area contributed by atoms with Crippen LogP contribution in [0.2, 0.25) is 0 Å². The van der Waals surface area contributed by atoms with E-state index in [0.29, 0.717) is 0 Å². The van der Waals surface area contributed by atoms with E-state index in [2.05, 4.69) is 16.4 Å². The molecule has 0 saturated carbocycles. The molecule has 1 aromatic rings. The highest BCUT2D eigenvalue weighted by Gasteiger charge is 2.72. The lowest BCUT2D eigenvalue weighted by Gasteiger charge is -2.32. The zero-order valence-corrected chi connectivity index (χ0v) is 12.4. The van der Waals surface area contributed by atoms with Gasteiger partial charge in [-0.15, -0.1) is 0 Å². The first-order chi connectivity index (χ1) is 10.5. The van der Waals surface area contributed by atoms with Gasteiger partial charge in [-0.1, -0.05) is 6.07 Å². The molecule has 0 bridgehead atoms. The van der Waals surface area contributed by atoms with E-state index in [1.807, 2.05) is 4.74 Å². The molecule has 0 aromatic carbocycles. The molecule has 1 rings (SSSR count). The van der Waals surface area contributed by atoms with Crippen LogP contribution in [0, 0.1) is 0 Å². The summed E-state index contributed by atoms with van der Waals surface area (Å²) in [6.45, 7) is 0. The Morgan fingerprint density at radius 1 is 0.875 bits per heavy atom. The molecule has 138 valence electrons. The predicted molar refractivity (Wildman–Crippen MR) is 61.0 cm³/mol. The molecule has 0 aliphatic heterocycles. The Labute approximate surface area is 133 Å². The van der Waals surface area contributed by atoms with Crippen LogP contribution < -0.4 is 4.68 Å². The normalized spacial score (nSPS) is 14.5. The third kappa shape index (κ3) is 3.97. The Hall–Kier alpha value is -1.41. The maximum atomic E-state index is 13.4. The van der Waals surface area contributed by atoms with E-state index < -0.39 is 32.9 Å². The first-order valence-corrected chi connectivity index (χ1v) is 7.20. The van der Waals surface area contributed by atoms with Crippen molar-refractivity contribution < 1.29 is 53.0 Å². The third-order valence-electron chi connectivity index (χ3n) is 2.15. The number of pyridine rings is 1. The first kappa shape index (κ1) is 20.6. The van der Waals surface area contributed by atoms with E-state index in [0.717, 1.165) is 24.5 Å². The van der Waals surface area contributed by atoms with Crippen LogP contribution in [-0.2, 0) is 14.8 Å². The van der Waals surface area contributed by atoms with Gasteiger partial charge in [0.25, 0.3) is 0 Å². The summed E-state index contributed by atoms with van der Waals surface area (Å²) in [7, 11) is -6.53. The highest BCUT2D eigenvalue weighted by Crippen LogP contribution is 2.48. The number of ether oxygens (including phenoxy) is 1. The van der Waals surface area contributed by atoms with Crippen LogP contribution >= 0.6 is 11.6 Å². The summed E-state index contributed by atoms with van der Waals surface area (Å²) < 4.78 is 127. The van der Waals surface area contributed by atoms with Gasteiger partial charge in [-0.3, -0.25) is 0 Å². The number of sulfonamides is 1. The zero-order chi connectivity index (χ0) is 19.0. The Bertz CT molecular complexity index is 680. The second-order valence-corrected chi connectivity index (χ2v) is 6.06. The lowest BCUT2D eigenvalue weighted by atomic mass is 10.5. The highest BCUT2D eigenvalue weighted by molar-refractivity contribution is 7.94. The zero-order valence-electron chi connectivity index (χ0n) is 10.8. The van der Waals surface area contributed by atoms with Crippen molar-refractivity contribution in [1.29, 1.82) is 0 Å². The first-order valence-electron chi connectivity index (χ1n) is 5.38. The van der Waals surface area contributed by atoms with Gasteiger partial charge in [0.2, 0.25) is 10.0 Å². The quantitative estimate of drug-likeness (QED) is 0.396. The molecule has 5 nitrogen and oxygen atoms in total. The number of alkyl halides is 9. The number of rotatable bonds is 7. The van der Waals surface area contributed by atoms with Gasteiger partial charge >= 0.3 is 22.9 Å².